The van der Waals surface area contributed by atoms with Gasteiger partial charge in [-0.25, -0.2) is 5.48 Å². The van der Waals surface area contributed by atoms with Crippen LogP contribution in [0, 0.1) is 5.92 Å². The zero-order chi connectivity index (χ0) is 23.9. The minimum Gasteiger partial charge on any atom is -0.344 e. The Morgan fingerprint density at radius 1 is 0.971 bits per heavy atom. The Hall–Kier alpha value is -3.52. The standard InChI is InChI=1S/C26H29N3O5/c30-23-14-13-21(27-23)26(33)29(16-19-9-5-2-6-10-19)22(15-18-7-3-1-4-8-18)24(31)25(32)28-34-17-20-11-12-20/h1-10,20-22H,11-17H2,(H,27,30)(H,28,32)/t21-,22?/m1/s1. The van der Waals surface area contributed by atoms with E-state index in [1.54, 1.807) is 0 Å². The number of carbonyl (C=O) groups is 4. The lowest BCUT2D eigenvalue weighted by Crippen LogP contribution is -2.55. The molecule has 1 heterocycles. The van der Waals surface area contributed by atoms with Crippen LogP contribution in [0.2, 0.25) is 0 Å². The van der Waals surface area contributed by atoms with E-state index in [0.717, 1.165) is 24.0 Å². The molecule has 4 rings (SSSR count). The van der Waals surface area contributed by atoms with Gasteiger partial charge in [-0.05, 0) is 36.3 Å². The third kappa shape index (κ3) is 6.29. The first-order valence-corrected chi connectivity index (χ1v) is 11.6. The van der Waals surface area contributed by atoms with Crippen molar-refractivity contribution in [1.29, 1.82) is 0 Å². The summed E-state index contributed by atoms with van der Waals surface area (Å²) in [6.45, 7) is 0.495. The molecule has 2 aromatic rings. The minimum absolute atomic E-state index is 0.130. The summed E-state index contributed by atoms with van der Waals surface area (Å²) < 4.78 is 0. The monoisotopic (exact) mass is 463 g/mol. The first-order valence-electron chi connectivity index (χ1n) is 11.6. The molecule has 8 nitrogen and oxygen atoms in total. The highest BCUT2D eigenvalue weighted by Gasteiger charge is 2.39. The fourth-order valence-electron chi connectivity index (χ4n) is 4.01. The number of ketones is 1. The van der Waals surface area contributed by atoms with Crippen LogP contribution in [0.5, 0.6) is 0 Å². The van der Waals surface area contributed by atoms with E-state index in [0.29, 0.717) is 18.9 Å². The molecule has 2 aliphatic rings. The Kier molecular flexibility index (Phi) is 7.69. The molecule has 1 aliphatic heterocycles. The number of carbonyl (C=O) groups excluding carboxylic acids is 4. The molecule has 2 aromatic carbocycles. The highest BCUT2D eigenvalue weighted by molar-refractivity contribution is 6.38. The van der Waals surface area contributed by atoms with Gasteiger partial charge in [0.2, 0.25) is 17.6 Å². The van der Waals surface area contributed by atoms with Crippen molar-refractivity contribution in [1.82, 2.24) is 15.7 Å². The third-order valence-corrected chi connectivity index (χ3v) is 6.13. The summed E-state index contributed by atoms with van der Waals surface area (Å²) in [5.74, 6) is -1.81. The molecule has 2 fully saturated rings. The maximum absolute atomic E-state index is 13.6. The third-order valence-electron chi connectivity index (χ3n) is 6.13. The van der Waals surface area contributed by atoms with E-state index in [4.69, 9.17) is 4.84 Å². The summed E-state index contributed by atoms with van der Waals surface area (Å²) in [7, 11) is 0. The van der Waals surface area contributed by atoms with E-state index in [-0.39, 0.29) is 31.2 Å². The summed E-state index contributed by atoms with van der Waals surface area (Å²) in [4.78, 5) is 58.1. The molecule has 178 valence electrons. The van der Waals surface area contributed by atoms with Crippen LogP contribution in [0.3, 0.4) is 0 Å². The Balaban J connectivity index is 1.60. The lowest BCUT2D eigenvalue weighted by molar-refractivity contribution is -0.152. The van der Waals surface area contributed by atoms with E-state index in [2.05, 4.69) is 10.8 Å². The first kappa shape index (κ1) is 23.6. The van der Waals surface area contributed by atoms with Crippen molar-refractivity contribution in [3.8, 4) is 0 Å². The number of hydroxylamine groups is 1. The smallest absolute Gasteiger partial charge is 0.313 e. The Bertz CT molecular complexity index is 1020. The normalized spacial score (nSPS) is 18.1. The quantitative estimate of drug-likeness (QED) is 0.391. The molecular formula is C26H29N3O5. The number of rotatable bonds is 11. The Morgan fingerprint density at radius 2 is 1.62 bits per heavy atom. The fraction of sp³-hybridized carbons (Fsp3) is 0.385. The van der Waals surface area contributed by atoms with Gasteiger partial charge in [-0.15, -0.1) is 0 Å². The second-order valence-electron chi connectivity index (χ2n) is 8.87. The highest BCUT2D eigenvalue weighted by Crippen LogP contribution is 2.28. The largest absolute Gasteiger partial charge is 0.344 e. The summed E-state index contributed by atoms with van der Waals surface area (Å²) in [5.41, 5.74) is 3.89. The van der Waals surface area contributed by atoms with E-state index < -0.39 is 23.8 Å². The van der Waals surface area contributed by atoms with Crippen LogP contribution < -0.4 is 10.8 Å². The lowest BCUT2D eigenvalue weighted by atomic mass is 9.98. The SMILES string of the molecule is O=C1CC[C@H](C(=O)N(Cc2ccccc2)C(Cc2ccccc2)C(=O)C(=O)NOCC2CC2)N1. The highest BCUT2D eigenvalue weighted by atomic mass is 16.7. The van der Waals surface area contributed by atoms with Gasteiger partial charge in [-0.2, -0.15) is 0 Å². The predicted molar refractivity (Wildman–Crippen MR) is 124 cm³/mol. The van der Waals surface area contributed by atoms with E-state index >= 15 is 0 Å². The van der Waals surface area contributed by atoms with Crippen molar-refractivity contribution in [3.63, 3.8) is 0 Å². The van der Waals surface area contributed by atoms with Crippen molar-refractivity contribution in [2.45, 2.75) is 50.7 Å². The molecule has 0 aromatic heterocycles. The van der Waals surface area contributed by atoms with Crippen LogP contribution >= 0.6 is 0 Å². The van der Waals surface area contributed by atoms with Gasteiger partial charge in [0.05, 0.1) is 6.61 Å². The number of hydrogen-bond acceptors (Lipinski definition) is 5. The van der Waals surface area contributed by atoms with Crippen molar-refractivity contribution in [2.24, 2.45) is 5.92 Å². The van der Waals surface area contributed by atoms with Crippen LogP contribution in [0.15, 0.2) is 60.7 Å². The average Bonchev–Trinajstić information content (AvgIpc) is 3.58. The molecule has 0 radical (unpaired) electrons. The molecule has 1 aliphatic carbocycles. The molecule has 2 N–H and O–H groups in total. The zero-order valence-electron chi connectivity index (χ0n) is 18.9. The predicted octanol–water partition coefficient (Wildman–Crippen LogP) is 1.93. The van der Waals surface area contributed by atoms with Crippen molar-refractivity contribution < 1.29 is 24.0 Å². The second-order valence-corrected chi connectivity index (χ2v) is 8.87. The van der Waals surface area contributed by atoms with Gasteiger partial charge in [0.1, 0.15) is 12.1 Å². The van der Waals surface area contributed by atoms with Gasteiger partial charge in [0.25, 0.3) is 0 Å². The summed E-state index contributed by atoms with van der Waals surface area (Å²) >= 11 is 0. The van der Waals surface area contributed by atoms with Gasteiger partial charge in [0.15, 0.2) is 0 Å². The maximum atomic E-state index is 13.6. The Morgan fingerprint density at radius 3 is 2.21 bits per heavy atom. The lowest BCUT2D eigenvalue weighted by Gasteiger charge is -2.32. The molecule has 0 spiro atoms. The molecular weight excluding hydrogens is 434 g/mol. The van der Waals surface area contributed by atoms with Crippen LogP contribution in [0.1, 0.15) is 36.8 Å². The number of benzene rings is 2. The van der Waals surface area contributed by atoms with Gasteiger partial charge >= 0.3 is 5.91 Å². The summed E-state index contributed by atoms with van der Waals surface area (Å²) in [5, 5.41) is 2.69. The molecule has 0 bridgehead atoms. The number of Topliss-reactive ketones (excluding diaryl/α,β-unsaturated/α-hetero) is 1. The van der Waals surface area contributed by atoms with Gasteiger partial charge in [-0.3, -0.25) is 24.0 Å². The molecule has 1 saturated heterocycles. The topological polar surface area (TPSA) is 105 Å². The fourth-order valence-corrected chi connectivity index (χ4v) is 4.01. The van der Waals surface area contributed by atoms with Crippen molar-refractivity contribution >= 4 is 23.5 Å². The maximum Gasteiger partial charge on any atom is 0.313 e. The first-order chi connectivity index (χ1) is 16.5. The second kappa shape index (κ2) is 11.1. The van der Waals surface area contributed by atoms with Crippen molar-refractivity contribution in [2.75, 3.05) is 6.61 Å². The molecule has 1 saturated carbocycles. The van der Waals surface area contributed by atoms with E-state index in [1.165, 1.54) is 4.90 Å². The van der Waals surface area contributed by atoms with E-state index in [9.17, 15) is 19.2 Å². The molecule has 34 heavy (non-hydrogen) atoms. The number of nitrogens with zero attached hydrogens (tertiary/aromatic N) is 1. The molecule has 3 amide bonds. The van der Waals surface area contributed by atoms with Crippen LogP contribution in [-0.4, -0.2) is 47.1 Å². The minimum atomic E-state index is -1.06. The van der Waals surface area contributed by atoms with Gasteiger partial charge in [-0.1, -0.05) is 60.7 Å². The van der Waals surface area contributed by atoms with Gasteiger partial charge < -0.3 is 10.2 Å². The number of nitrogens with one attached hydrogen (secondary N) is 2. The number of hydrogen-bond donors (Lipinski definition) is 2. The van der Waals surface area contributed by atoms with E-state index in [1.807, 2.05) is 60.7 Å². The van der Waals surface area contributed by atoms with Crippen LogP contribution in [0.25, 0.3) is 0 Å². The van der Waals surface area contributed by atoms with Crippen LogP contribution in [0.4, 0.5) is 0 Å². The van der Waals surface area contributed by atoms with Gasteiger partial charge in [0, 0.05) is 19.4 Å². The zero-order valence-corrected chi connectivity index (χ0v) is 18.9. The summed E-state index contributed by atoms with van der Waals surface area (Å²) in [6, 6.07) is 16.7. The number of amides is 3. The molecule has 1 unspecified atom stereocenters. The average molecular weight is 464 g/mol. The Labute approximate surface area is 198 Å². The molecule has 8 heteroatoms. The molecule has 2 atom stereocenters. The summed E-state index contributed by atoms with van der Waals surface area (Å²) in [6.07, 6.45) is 2.86. The van der Waals surface area contributed by atoms with Crippen molar-refractivity contribution in [3.05, 3.63) is 71.8 Å². The van der Waals surface area contributed by atoms with Crippen LogP contribution in [-0.2, 0) is 37.0 Å².